The van der Waals surface area contributed by atoms with Crippen LogP contribution < -0.4 is 5.32 Å². The minimum Gasteiger partial charge on any atom is -0.310 e. The van der Waals surface area contributed by atoms with Crippen LogP contribution in [0, 0.1) is 23.7 Å². The van der Waals surface area contributed by atoms with Crippen molar-refractivity contribution in [2.45, 2.75) is 64.5 Å². The molecule has 0 aromatic heterocycles. The van der Waals surface area contributed by atoms with Gasteiger partial charge in [-0.1, -0.05) is 13.8 Å². The van der Waals surface area contributed by atoms with Gasteiger partial charge in [-0.2, -0.15) is 0 Å². The minimum absolute atomic E-state index is 0.361. The molecule has 1 N–H and O–H groups in total. The van der Waals surface area contributed by atoms with E-state index < -0.39 is 0 Å². The molecule has 17 heavy (non-hydrogen) atoms. The standard InChI is InChI=1S/C15H25NO/c1-9-3-4-11(7-10(9)2)15(17)13-8-12-5-6-14(13)16-12/h9-14,16H,3-8H2,1-2H3. The Kier molecular flexibility index (Phi) is 3.02. The quantitative estimate of drug-likeness (QED) is 0.797. The molecule has 6 atom stereocenters. The average Bonchev–Trinajstić information content (AvgIpc) is 2.93. The molecule has 3 fully saturated rings. The summed E-state index contributed by atoms with van der Waals surface area (Å²) in [4.78, 5) is 12.6. The van der Waals surface area contributed by atoms with E-state index in [1.165, 1.54) is 19.3 Å². The maximum atomic E-state index is 12.6. The molecule has 96 valence electrons. The third-order valence-corrected chi connectivity index (χ3v) is 5.67. The molecule has 2 aliphatic heterocycles. The van der Waals surface area contributed by atoms with Crippen molar-refractivity contribution >= 4 is 5.78 Å². The first kappa shape index (κ1) is 11.7. The van der Waals surface area contributed by atoms with Gasteiger partial charge < -0.3 is 5.32 Å². The zero-order chi connectivity index (χ0) is 12.0. The molecule has 2 bridgehead atoms. The van der Waals surface area contributed by atoms with Crippen LogP contribution in [0.2, 0.25) is 0 Å². The van der Waals surface area contributed by atoms with Crippen LogP contribution in [0.4, 0.5) is 0 Å². The predicted octanol–water partition coefficient (Wildman–Crippen LogP) is 2.77. The lowest BCUT2D eigenvalue weighted by molar-refractivity contribution is -0.129. The van der Waals surface area contributed by atoms with Gasteiger partial charge in [0.15, 0.2) is 0 Å². The van der Waals surface area contributed by atoms with Crippen LogP contribution in [-0.2, 0) is 4.79 Å². The Morgan fingerprint density at radius 1 is 1.00 bits per heavy atom. The largest absolute Gasteiger partial charge is 0.310 e. The van der Waals surface area contributed by atoms with Gasteiger partial charge in [0.25, 0.3) is 0 Å². The number of rotatable bonds is 2. The lowest BCUT2D eigenvalue weighted by Gasteiger charge is -2.33. The van der Waals surface area contributed by atoms with Gasteiger partial charge in [0.2, 0.25) is 0 Å². The summed E-state index contributed by atoms with van der Waals surface area (Å²) in [5.41, 5.74) is 0. The topological polar surface area (TPSA) is 29.1 Å². The molecule has 3 rings (SSSR count). The highest BCUT2D eigenvalue weighted by Gasteiger charge is 2.45. The van der Waals surface area contributed by atoms with E-state index in [4.69, 9.17) is 0 Å². The molecule has 2 nitrogen and oxygen atoms in total. The van der Waals surface area contributed by atoms with Crippen LogP contribution in [0.25, 0.3) is 0 Å². The van der Waals surface area contributed by atoms with E-state index in [9.17, 15) is 4.79 Å². The monoisotopic (exact) mass is 235 g/mol. The molecule has 0 aromatic carbocycles. The third-order valence-electron chi connectivity index (χ3n) is 5.67. The van der Waals surface area contributed by atoms with Crippen LogP contribution in [-0.4, -0.2) is 17.9 Å². The van der Waals surface area contributed by atoms with Gasteiger partial charge in [-0.05, 0) is 50.4 Å². The summed E-state index contributed by atoms with van der Waals surface area (Å²) in [7, 11) is 0. The average molecular weight is 235 g/mol. The fourth-order valence-electron chi connectivity index (χ4n) is 4.25. The van der Waals surface area contributed by atoms with E-state index >= 15 is 0 Å². The maximum absolute atomic E-state index is 12.6. The second kappa shape index (κ2) is 4.38. The Morgan fingerprint density at radius 2 is 1.82 bits per heavy atom. The van der Waals surface area contributed by atoms with Crippen LogP contribution >= 0.6 is 0 Å². The maximum Gasteiger partial charge on any atom is 0.140 e. The van der Waals surface area contributed by atoms with Crippen LogP contribution in [0.15, 0.2) is 0 Å². The summed E-state index contributed by atoms with van der Waals surface area (Å²) < 4.78 is 0. The van der Waals surface area contributed by atoms with Crippen molar-refractivity contribution < 1.29 is 4.79 Å². The van der Waals surface area contributed by atoms with Crippen LogP contribution in [0.3, 0.4) is 0 Å². The zero-order valence-corrected chi connectivity index (χ0v) is 11.1. The lowest BCUT2D eigenvalue weighted by Crippen LogP contribution is -2.36. The fourth-order valence-corrected chi connectivity index (χ4v) is 4.25. The zero-order valence-electron chi connectivity index (χ0n) is 11.1. The predicted molar refractivity (Wildman–Crippen MR) is 68.7 cm³/mol. The molecule has 0 amide bonds. The normalized spacial score (nSPS) is 49.5. The molecule has 1 aliphatic carbocycles. The van der Waals surface area contributed by atoms with Crippen molar-refractivity contribution in [2.24, 2.45) is 23.7 Å². The number of fused-ring (bicyclic) bond motifs is 2. The van der Waals surface area contributed by atoms with Gasteiger partial charge in [-0.25, -0.2) is 0 Å². The smallest absolute Gasteiger partial charge is 0.140 e. The van der Waals surface area contributed by atoms with Crippen molar-refractivity contribution in [3.63, 3.8) is 0 Å². The van der Waals surface area contributed by atoms with Crippen molar-refractivity contribution in [3.8, 4) is 0 Å². The number of ketones is 1. The summed E-state index contributed by atoms with van der Waals surface area (Å²) in [5, 5.41) is 3.60. The van der Waals surface area contributed by atoms with Gasteiger partial charge in [0, 0.05) is 23.9 Å². The Balaban J connectivity index is 1.63. The van der Waals surface area contributed by atoms with Gasteiger partial charge in [0.05, 0.1) is 0 Å². The molecular weight excluding hydrogens is 210 g/mol. The minimum atomic E-state index is 0.361. The molecule has 0 aromatic rings. The Labute approximate surface area is 105 Å². The third kappa shape index (κ3) is 2.05. The van der Waals surface area contributed by atoms with Crippen LogP contribution in [0.1, 0.15) is 52.4 Å². The summed E-state index contributed by atoms with van der Waals surface area (Å²) in [5.74, 6) is 2.90. The highest BCUT2D eigenvalue weighted by atomic mass is 16.1. The highest BCUT2D eigenvalue weighted by molar-refractivity contribution is 5.84. The van der Waals surface area contributed by atoms with Gasteiger partial charge in [-0.3, -0.25) is 4.79 Å². The number of nitrogens with one attached hydrogen (secondary N) is 1. The number of carbonyl (C=O) groups excluding carboxylic acids is 1. The van der Waals surface area contributed by atoms with Gasteiger partial charge >= 0.3 is 0 Å². The Morgan fingerprint density at radius 3 is 2.41 bits per heavy atom. The van der Waals surface area contributed by atoms with Crippen molar-refractivity contribution in [1.29, 1.82) is 0 Å². The number of Topliss-reactive ketones (excluding diaryl/α,β-unsaturated/α-hetero) is 1. The van der Waals surface area contributed by atoms with E-state index in [-0.39, 0.29) is 0 Å². The van der Waals surface area contributed by atoms with Gasteiger partial charge in [-0.15, -0.1) is 0 Å². The molecule has 3 aliphatic rings. The molecule has 0 spiro atoms. The molecular formula is C15H25NO. The summed E-state index contributed by atoms with van der Waals surface area (Å²) >= 11 is 0. The van der Waals surface area contributed by atoms with Crippen molar-refractivity contribution in [3.05, 3.63) is 0 Å². The molecule has 2 heteroatoms. The van der Waals surface area contributed by atoms with E-state index in [1.54, 1.807) is 0 Å². The summed E-state index contributed by atoms with van der Waals surface area (Å²) in [6.45, 7) is 4.66. The highest BCUT2D eigenvalue weighted by Crippen LogP contribution is 2.40. The van der Waals surface area contributed by atoms with E-state index in [0.29, 0.717) is 29.7 Å². The van der Waals surface area contributed by atoms with Crippen LogP contribution in [0.5, 0.6) is 0 Å². The number of carbonyl (C=O) groups is 1. The molecule has 6 unspecified atom stereocenters. The Hall–Kier alpha value is -0.370. The fraction of sp³-hybridized carbons (Fsp3) is 0.933. The van der Waals surface area contributed by atoms with E-state index in [1.807, 2.05) is 0 Å². The molecule has 1 saturated carbocycles. The SMILES string of the molecule is CC1CCC(C(=O)C2CC3CCC2N3)CC1C. The first-order valence-electron chi connectivity index (χ1n) is 7.45. The molecule has 2 heterocycles. The summed E-state index contributed by atoms with van der Waals surface area (Å²) in [6, 6.07) is 1.19. The molecule has 0 radical (unpaired) electrons. The van der Waals surface area contributed by atoms with Crippen molar-refractivity contribution in [2.75, 3.05) is 0 Å². The number of hydrogen-bond acceptors (Lipinski definition) is 2. The van der Waals surface area contributed by atoms with E-state index in [0.717, 1.165) is 31.1 Å². The second-order valence-corrected chi connectivity index (χ2v) is 6.76. The van der Waals surface area contributed by atoms with Crippen molar-refractivity contribution in [1.82, 2.24) is 5.32 Å². The number of hydrogen-bond donors (Lipinski definition) is 1. The lowest BCUT2D eigenvalue weighted by atomic mass is 9.70. The molecule has 2 saturated heterocycles. The second-order valence-electron chi connectivity index (χ2n) is 6.76. The Bertz CT molecular complexity index is 314. The van der Waals surface area contributed by atoms with E-state index in [2.05, 4.69) is 19.2 Å². The first-order chi connectivity index (χ1) is 8.15. The summed E-state index contributed by atoms with van der Waals surface area (Å²) in [6.07, 6.45) is 7.22. The first-order valence-corrected chi connectivity index (χ1v) is 7.45. The van der Waals surface area contributed by atoms with Gasteiger partial charge in [0.1, 0.15) is 5.78 Å².